The Labute approximate surface area is 144 Å². The third kappa shape index (κ3) is 3.69. The lowest BCUT2D eigenvalue weighted by Gasteiger charge is -2.24. The van der Waals surface area contributed by atoms with Crippen LogP contribution in [0, 0.1) is 0 Å². The van der Waals surface area contributed by atoms with Gasteiger partial charge in [-0.25, -0.2) is 0 Å². The van der Waals surface area contributed by atoms with Crippen LogP contribution in [0.5, 0.6) is 0 Å². The summed E-state index contributed by atoms with van der Waals surface area (Å²) in [5.41, 5.74) is 2.45. The van der Waals surface area contributed by atoms with Crippen molar-refractivity contribution in [1.29, 1.82) is 0 Å². The Hall–Kier alpha value is -2.74. The number of hydrogen-bond acceptors (Lipinski definition) is 5. The van der Waals surface area contributed by atoms with Gasteiger partial charge in [-0.3, -0.25) is 19.1 Å². The van der Waals surface area contributed by atoms with E-state index in [-0.39, 0.29) is 17.7 Å². The van der Waals surface area contributed by atoms with E-state index in [0.29, 0.717) is 12.1 Å². The second-order valence-electron chi connectivity index (χ2n) is 6.21. The van der Waals surface area contributed by atoms with Crippen molar-refractivity contribution < 1.29 is 9.59 Å². The first-order valence-corrected chi connectivity index (χ1v) is 8.25. The number of aryl methyl sites for hydroxylation is 1. The molecule has 25 heavy (non-hydrogen) atoms. The molecule has 8 nitrogen and oxygen atoms in total. The van der Waals surface area contributed by atoms with Gasteiger partial charge in [-0.15, -0.1) is 0 Å². The summed E-state index contributed by atoms with van der Waals surface area (Å²) in [4.78, 5) is 41.3. The number of amides is 1. The predicted molar refractivity (Wildman–Crippen MR) is 91.2 cm³/mol. The Morgan fingerprint density at radius 2 is 2.20 bits per heavy atom. The zero-order chi connectivity index (χ0) is 18.0. The molecule has 3 heterocycles. The highest BCUT2D eigenvalue weighted by Crippen LogP contribution is 2.15. The van der Waals surface area contributed by atoms with E-state index in [1.165, 1.54) is 12.4 Å². The number of likely N-dealkylation sites (N-methyl/N-ethyl adjacent to an activating group) is 1. The van der Waals surface area contributed by atoms with E-state index in [1.807, 2.05) is 20.0 Å². The standard InChI is InChI=1S/C17H21N5O3/c1-3-22-10-13(8-19-22)15(23)17(25)18-7-11-6-12-9-21(2)5-4-14(12)20-16(11)24/h6,8,10H,3-5,7,9H2,1-2H3,(H,18,25)(H,20,24). The zero-order valence-electron chi connectivity index (χ0n) is 14.3. The Bertz CT molecular complexity index is 867. The summed E-state index contributed by atoms with van der Waals surface area (Å²) in [5.74, 6) is -1.40. The minimum absolute atomic E-state index is 0.0127. The summed E-state index contributed by atoms with van der Waals surface area (Å²) in [7, 11) is 2.02. The summed E-state index contributed by atoms with van der Waals surface area (Å²) in [6, 6.07) is 1.81. The summed E-state index contributed by atoms with van der Waals surface area (Å²) < 4.78 is 1.57. The number of carbonyl (C=O) groups excluding carboxylic acids is 2. The van der Waals surface area contributed by atoms with Crippen molar-refractivity contribution in [2.45, 2.75) is 33.0 Å². The highest BCUT2D eigenvalue weighted by atomic mass is 16.2. The highest BCUT2D eigenvalue weighted by Gasteiger charge is 2.19. The third-order valence-electron chi connectivity index (χ3n) is 4.34. The van der Waals surface area contributed by atoms with Crippen LogP contribution in [0.4, 0.5) is 0 Å². The smallest absolute Gasteiger partial charge is 0.292 e. The molecule has 0 radical (unpaired) electrons. The number of pyridine rings is 1. The fraction of sp³-hybridized carbons (Fsp3) is 0.412. The molecule has 1 amide bonds. The minimum atomic E-state index is -0.745. The lowest BCUT2D eigenvalue weighted by molar-refractivity contribution is -0.117. The molecule has 3 rings (SSSR count). The van der Waals surface area contributed by atoms with Crippen molar-refractivity contribution in [1.82, 2.24) is 25.0 Å². The van der Waals surface area contributed by atoms with Gasteiger partial charge in [-0.1, -0.05) is 0 Å². The normalized spacial score (nSPS) is 14.2. The number of ketones is 1. The van der Waals surface area contributed by atoms with Crippen LogP contribution in [-0.2, 0) is 30.8 Å². The minimum Gasteiger partial charge on any atom is -0.345 e. The van der Waals surface area contributed by atoms with Gasteiger partial charge in [0.15, 0.2) is 0 Å². The van der Waals surface area contributed by atoms with Gasteiger partial charge < -0.3 is 15.2 Å². The molecule has 2 N–H and O–H groups in total. The van der Waals surface area contributed by atoms with Crippen molar-refractivity contribution in [2.24, 2.45) is 0 Å². The molecule has 0 aromatic carbocycles. The quantitative estimate of drug-likeness (QED) is 0.591. The molecule has 1 aliphatic rings. The van der Waals surface area contributed by atoms with E-state index >= 15 is 0 Å². The molecule has 2 aromatic rings. The zero-order valence-corrected chi connectivity index (χ0v) is 14.3. The topological polar surface area (TPSA) is 100 Å². The van der Waals surface area contributed by atoms with Crippen molar-refractivity contribution in [3.8, 4) is 0 Å². The summed E-state index contributed by atoms with van der Waals surface area (Å²) in [6.45, 7) is 4.18. The van der Waals surface area contributed by atoms with Gasteiger partial charge in [0.1, 0.15) is 0 Å². The lowest BCUT2D eigenvalue weighted by atomic mass is 10.0. The van der Waals surface area contributed by atoms with Gasteiger partial charge in [-0.05, 0) is 25.6 Å². The van der Waals surface area contributed by atoms with Crippen molar-refractivity contribution >= 4 is 11.7 Å². The van der Waals surface area contributed by atoms with Gasteiger partial charge in [0, 0.05) is 50.1 Å². The average molecular weight is 343 g/mol. The fourth-order valence-corrected chi connectivity index (χ4v) is 2.87. The monoisotopic (exact) mass is 343 g/mol. The van der Waals surface area contributed by atoms with Crippen LogP contribution in [-0.4, -0.2) is 44.9 Å². The first-order valence-electron chi connectivity index (χ1n) is 8.25. The van der Waals surface area contributed by atoms with Gasteiger partial charge >= 0.3 is 0 Å². The van der Waals surface area contributed by atoms with E-state index in [4.69, 9.17) is 0 Å². The van der Waals surface area contributed by atoms with Gasteiger partial charge in [0.25, 0.3) is 17.2 Å². The Balaban J connectivity index is 1.68. The first kappa shape index (κ1) is 17.1. The Morgan fingerprint density at radius 1 is 1.40 bits per heavy atom. The molecule has 0 aliphatic carbocycles. The highest BCUT2D eigenvalue weighted by molar-refractivity contribution is 6.42. The van der Waals surface area contributed by atoms with Crippen molar-refractivity contribution in [3.05, 3.63) is 51.2 Å². The molecule has 0 spiro atoms. The van der Waals surface area contributed by atoms with Crippen LogP contribution in [0.15, 0.2) is 23.3 Å². The number of aromatic amines is 1. The maximum atomic E-state index is 12.1. The van der Waals surface area contributed by atoms with Crippen LogP contribution in [0.25, 0.3) is 0 Å². The van der Waals surface area contributed by atoms with Gasteiger partial charge in [0.2, 0.25) is 0 Å². The number of Topliss-reactive ketones (excluding diaryl/α,β-unsaturated/α-hetero) is 1. The maximum Gasteiger partial charge on any atom is 0.292 e. The SMILES string of the molecule is CCn1cc(C(=O)C(=O)NCc2cc3c([nH]c2=O)CCN(C)C3)cn1. The summed E-state index contributed by atoms with van der Waals surface area (Å²) in [5, 5.41) is 6.51. The van der Waals surface area contributed by atoms with Crippen LogP contribution in [0.1, 0.15) is 34.1 Å². The summed E-state index contributed by atoms with van der Waals surface area (Å²) in [6.07, 6.45) is 3.70. The van der Waals surface area contributed by atoms with E-state index < -0.39 is 11.7 Å². The number of nitrogens with one attached hydrogen (secondary N) is 2. The number of nitrogens with zero attached hydrogens (tertiary/aromatic N) is 3. The number of aromatic nitrogens is 3. The molecule has 132 valence electrons. The van der Waals surface area contributed by atoms with E-state index in [0.717, 1.165) is 30.8 Å². The Kier molecular flexibility index (Phi) is 4.80. The second-order valence-corrected chi connectivity index (χ2v) is 6.21. The van der Waals surface area contributed by atoms with E-state index in [2.05, 4.69) is 20.3 Å². The molecular formula is C17H21N5O3. The largest absolute Gasteiger partial charge is 0.345 e. The fourth-order valence-electron chi connectivity index (χ4n) is 2.87. The number of H-pyrrole nitrogens is 1. The van der Waals surface area contributed by atoms with E-state index in [1.54, 1.807) is 4.68 Å². The molecule has 0 saturated heterocycles. The lowest BCUT2D eigenvalue weighted by Crippen LogP contribution is -2.34. The number of carbonyl (C=O) groups is 2. The third-order valence-corrected chi connectivity index (χ3v) is 4.34. The molecule has 0 bridgehead atoms. The molecule has 0 unspecified atom stereocenters. The maximum absolute atomic E-state index is 12.1. The molecule has 1 aliphatic heterocycles. The predicted octanol–water partition coefficient (Wildman–Crippen LogP) is 0.0783. The second kappa shape index (κ2) is 7.02. The van der Waals surface area contributed by atoms with E-state index in [9.17, 15) is 14.4 Å². The molecule has 8 heteroatoms. The number of hydrogen-bond donors (Lipinski definition) is 2. The first-order chi connectivity index (χ1) is 12.0. The Morgan fingerprint density at radius 3 is 2.92 bits per heavy atom. The molecule has 0 fully saturated rings. The summed E-state index contributed by atoms with van der Waals surface area (Å²) >= 11 is 0. The van der Waals surface area contributed by atoms with Gasteiger partial charge in [0.05, 0.1) is 11.8 Å². The molecular weight excluding hydrogens is 322 g/mol. The molecule has 2 aromatic heterocycles. The number of rotatable bonds is 5. The molecule has 0 atom stereocenters. The van der Waals surface area contributed by atoms with Crippen molar-refractivity contribution in [2.75, 3.05) is 13.6 Å². The van der Waals surface area contributed by atoms with Crippen LogP contribution < -0.4 is 10.9 Å². The van der Waals surface area contributed by atoms with Crippen molar-refractivity contribution in [3.63, 3.8) is 0 Å². The van der Waals surface area contributed by atoms with Crippen LogP contribution in [0.3, 0.4) is 0 Å². The van der Waals surface area contributed by atoms with Crippen LogP contribution in [0.2, 0.25) is 0 Å². The van der Waals surface area contributed by atoms with Gasteiger partial charge in [-0.2, -0.15) is 5.10 Å². The average Bonchev–Trinajstić information content (AvgIpc) is 3.08. The number of fused-ring (bicyclic) bond motifs is 1. The molecule has 0 saturated carbocycles. The van der Waals surface area contributed by atoms with Crippen LogP contribution >= 0.6 is 0 Å².